The van der Waals surface area contributed by atoms with Crippen LogP contribution in [0, 0.1) is 5.92 Å². The van der Waals surface area contributed by atoms with E-state index in [0.29, 0.717) is 48.6 Å². The number of carbonyl (C=O) groups is 1. The summed E-state index contributed by atoms with van der Waals surface area (Å²) < 4.78 is 48.0. The Hall–Kier alpha value is -2.21. The predicted octanol–water partition coefficient (Wildman–Crippen LogP) is 6.98. The average Bonchev–Trinajstić information content (AvgIpc) is 2.86. The first-order valence-electron chi connectivity index (χ1n) is 14.8. The van der Waals surface area contributed by atoms with Crippen molar-refractivity contribution >= 4 is 35.2 Å². The molecule has 0 aliphatic rings. The third-order valence-corrected chi connectivity index (χ3v) is 13.7. The number of nitrogens with zero attached hydrogens (tertiary/aromatic N) is 2. The number of sulfonamides is 1. The van der Waals surface area contributed by atoms with Crippen LogP contribution in [0.4, 0.5) is 4.79 Å². The first kappa shape index (κ1) is 36.0. The average molecular weight is 624 g/mol. The molecule has 42 heavy (non-hydrogen) atoms. The van der Waals surface area contributed by atoms with Crippen LogP contribution in [0.3, 0.4) is 0 Å². The number of benzene rings is 1. The third-order valence-electron chi connectivity index (χ3n) is 7.56. The highest BCUT2D eigenvalue weighted by molar-refractivity contribution is 7.89. The van der Waals surface area contributed by atoms with Crippen LogP contribution in [-0.4, -0.2) is 71.2 Å². The summed E-state index contributed by atoms with van der Waals surface area (Å²) in [5.41, 5.74) is -0.685. The smallest absolute Gasteiger partial charge is 0.410 e. The monoisotopic (exact) mass is 623 g/mol. The van der Waals surface area contributed by atoms with Gasteiger partial charge in [0.25, 0.3) is 0 Å². The quantitative estimate of drug-likeness (QED) is 0.179. The molecule has 1 unspecified atom stereocenters. The second kappa shape index (κ2) is 14.5. The van der Waals surface area contributed by atoms with Crippen molar-refractivity contribution in [2.75, 3.05) is 26.8 Å². The largest absolute Gasteiger partial charge is 0.481 e. The number of carbonyl (C=O) groups excluding carboxylic acids is 1. The molecule has 0 saturated carbocycles. The lowest BCUT2D eigenvalue weighted by Crippen LogP contribution is -2.48. The van der Waals surface area contributed by atoms with Crippen LogP contribution in [0.15, 0.2) is 35.4 Å². The number of ether oxygens (including phenoxy) is 2. The predicted molar refractivity (Wildman–Crippen MR) is 172 cm³/mol. The normalized spacial score (nSPS) is 13.8. The highest BCUT2D eigenvalue weighted by Crippen LogP contribution is 2.36. The summed E-state index contributed by atoms with van der Waals surface area (Å²) in [6.45, 7) is 21.7. The van der Waals surface area contributed by atoms with Crippen LogP contribution in [0.25, 0.3) is 10.8 Å². The number of aromatic nitrogens is 1. The Kier molecular flexibility index (Phi) is 12.4. The van der Waals surface area contributed by atoms with E-state index >= 15 is 0 Å². The minimum absolute atomic E-state index is 0.0831. The molecule has 0 saturated heterocycles. The van der Waals surface area contributed by atoms with Crippen molar-refractivity contribution in [3.63, 3.8) is 0 Å². The van der Waals surface area contributed by atoms with Gasteiger partial charge in [-0.15, -0.1) is 0 Å². The van der Waals surface area contributed by atoms with Crippen molar-refractivity contribution in [1.82, 2.24) is 14.6 Å². The van der Waals surface area contributed by atoms with Gasteiger partial charge in [-0.1, -0.05) is 40.7 Å². The zero-order chi connectivity index (χ0) is 31.9. The molecule has 1 heterocycles. The van der Waals surface area contributed by atoms with E-state index in [-0.39, 0.29) is 16.5 Å². The van der Waals surface area contributed by atoms with E-state index in [1.807, 2.05) is 20.8 Å². The molecule has 0 aliphatic carbocycles. The lowest BCUT2D eigenvalue weighted by atomic mass is 10.0. The Morgan fingerprint density at radius 2 is 1.71 bits per heavy atom. The maximum atomic E-state index is 13.8. The number of amides is 1. The Morgan fingerprint density at radius 3 is 2.29 bits per heavy atom. The second-order valence-corrected chi connectivity index (χ2v) is 20.3. The molecule has 2 aromatic rings. The van der Waals surface area contributed by atoms with Crippen molar-refractivity contribution in [2.45, 2.75) is 109 Å². The highest BCUT2D eigenvalue weighted by atomic mass is 32.2. The molecule has 0 bridgehead atoms. The first-order chi connectivity index (χ1) is 19.3. The maximum Gasteiger partial charge on any atom is 0.410 e. The van der Waals surface area contributed by atoms with Crippen LogP contribution in [0.2, 0.25) is 18.1 Å². The van der Waals surface area contributed by atoms with Gasteiger partial charge >= 0.3 is 6.09 Å². The van der Waals surface area contributed by atoms with Gasteiger partial charge in [0, 0.05) is 42.7 Å². The summed E-state index contributed by atoms with van der Waals surface area (Å²) >= 11 is 0. The maximum absolute atomic E-state index is 13.8. The third kappa shape index (κ3) is 10.5. The Balaban J connectivity index is 2.34. The fraction of sp³-hybridized carbons (Fsp3) is 0.677. The van der Waals surface area contributed by atoms with Gasteiger partial charge in [-0.25, -0.2) is 22.9 Å². The van der Waals surface area contributed by atoms with Gasteiger partial charge in [0.1, 0.15) is 5.60 Å². The number of methoxy groups -OCH3 is 1. The van der Waals surface area contributed by atoms with Crippen LogP contribution in [0.1, 0.15) is 74.7 Å². The lowest BCUT2D eigenvalue weighted by Gasteiger charge is -2.36. The van der Waals surface area contributed by atoms with E-state index in [4.69, 9.17) is 13.9 Å². The van der Waals surface area contributed by atoms with Gasteiger partial charge in [-0.05, 0) is 82.3 Å². The van der Waals surface area contributed by atoms with Crippen LogP contribution in [-0.2, 0) is 19.2 Å². The van der Waals surface area contributed by atoms with E-state index in [0.717, 1.165) is 6.42 Å². The number of hydrogen-bond acceptors (Lipinski definition) is 7. The standard InChI is InChI=1S/C31H53N3O6SSi/c1-23(2)16-17-24(33-41(36,37)27-15-12-14-26-25(27)18-19-32-28(26)38-9)22-34(29(35)40-30(3,4)5)20-13-21-39-42(10,11)31(6,7)8/h12,14-15,18-19,23-24,33H,13,16-17,20-22H2,1-11H3. The number of fused-ring (bicyclic) bond motifs is 1. The molecular weight excluding hydrogens is 571 g/mol. The summed E-state index contributed by atoms with van der Waals surface area (Å²) in [5.74, 6) is 0.717. The van der Waals surface area contributed by atoms with Crippen molar-refractivity contribution in [1.29, 1.82) is 0 Å². The van der Waals surface area contributed by atoms with E-state index in [1.165, 1.54) is 13.3 Å². The zero-order valence-electron chi connectivity index (χ0n) is 27.5. The van der Waals surface area contributed by atoms with Gasteiger partial charge in [0.15, 0.2) is 8.32 Å². The number of pyridine rings is 1. The fourth-order valence-corrected chi connectivity index (χ4v) is 6.77. The summed E-state index contributed by atoms with van der Waals surface area (Å²) in [6.07, 6.45) is 3.03. The molecule has 1 aromatic carbocycles. The van der Waals surface area contributed by atoms with Gasteiger partial charge in [-0.2, -0.15) is 0 Å². The lowest BCUT2D eigenvalue weighted by molar-refractivity contribution is 0.0224. The summed E-state index contributed by atoms with van der Waals surface area (Å²) in [6, 6.07) is 6.19. The molecule has 238 valence electrons. The summed E-state index contributed by atoms with van der Waals surface area (Å²) in [4.78, 5) is 19.3. The SMILES string of the molecule is COc1nccc2c(S(=O)(=O)NC(CCC(C)C)CN(CCCO[Si](C)(C)C(C)(C)C)C(=O)OC(C)(C)C)cccc12. The molecule has 0 fully saturated rings. The van der Waals surface area contributed by atoms with Crippen molar-refractivity contribution in [3.05, 3.63) is 30.5 Å². The molecule has 0 radical (unpaired) electrons. The van der Waals surface area contributed by atoms with Crippen LogP contribution < -0.4 is 9.46 Å². The number of rotatable bonds is 14. The molecule has 9 nitrogen and oxygen atoms in total. The molecule has 1 aromatic heterocycles. The molecular formula is C31H53N3O6SSi. The van der Waals surface area contributed by atoms with E-state index in [9.17, 15) is 13.2 Å². The number of hydrogen-bond donors (Lipinski definition) is 1. The number of nitrogens with one attached hydrogen (secondary N) is 1. The van der Waals surface area contributed by atoms with Crippen molar-refractivity contribution < 1.29 is 27.1 Å². The van der Waals surface area contributed by atoms with E-state index in [1.54, 1.807) is 29.2 Å². The van der Waals surface area contributed by atoms with E-state index in [2.05, 4.69) is 57.4 Å². The zero-order valence-corrected chi connectivity index (χ0v) is 29.4. The Labute approximate surface area is 254 Å². The minimum atomic E-state index is -3.96. The molecule has 1 atom stereocenters. The van der Waals surface area contributed by atoms with Gasteiger partial charge in [-0.3, -0.25) is 0 Å². The highest BCUT2D eigenvalue weighted by Gasteiger charge is 2.37. The Morgan fingerprint density at radius 1 is 1.05 bits per heavy atom. The minimum Gasteiger partial charge on any atom is -0.481 e. The van der Waals surface area contributed by atoms with Crippen molar-refractivity contribution in [2.24, 2.45) is 5.92 Å². The topological polar surface area (TPSA) is 107 Å². The summed E-state index contributed by atoms with van der Waals surface area (Å²) in [5, 5.41) is 1.21. The fourth-order valence-electron chi connectivity index (χ4n) is 4.20. The van der Waals surface area contributed by atoms with Gasteiger partial charge in [0.2, 0.25) is 15.9 Å². The molecule has 1 N–H and O–H groups in total. The van der Waals surface area contributed by atoms with Crippen LogP contribution >= 0.6 is 0 Å². The Bertz CT molecular complexity index is 1290. The van der Waals surface area contributed by atoms with Gasteiger partial charge in [0.05, 0.1) is 12.0 Å². The van der Waals surface area contributed by atoms with Crippen LogP contribution in [0.5, 0.6) is 5.88 Å². The second-order valence-electron chi connectivity index (χ2n) is 13.8. The van der Waals surface area contributed by atoms with Crippen molar-refractivity contribution in [3.8, 4) is 5.88 Å². The molecule has 11 heteroatoms. The molecule has 1 amide bonds. The van der Waals surface area contributed by atoms with Gasteiger partial charge < -0.3 is 18.8 Å². The summed E-state index contributed by atoms with van der Waals surface area (Å²) in [7, 11) is -4.39. The molecule has 2 rings (SSSR count). The first-order valence-corrected chi connectivity index (χ1v) is 19.2. The molecule has 0 spiro atoms. The molecule has 0 aliphatic heterocycles. The van der Waals surface area contributed by atoms with E-state index < -0.39 is 36.1 Å².